The van der Waals surface area contributed by atoms with Crippen LogP contribution in [0, 0.1) is 5.82 Å². The quantitative estimate of drug-likeness (QED) is 0.877. The normalized spacial score (nSPS) is 10.9. The lowest BCUT2D eigenvalue weighted by molar-refractivity contribution is 0.287. The molecular weight excluding hydrogens is 291 g/mol. The minimum Gasteiger partial charge on any atom is -0.473 e. The summed E-state index contributed by atoms with van der Waals surface area (Å²) in [6.45, 7) is 4.80. The molecule has 0 aliphatic carbocycles. The highest BCUT2D eigenvalue weighted by molar-refractivity contribution is 6.31. The van der Waals surface area contributed by atoms with Crippen LogP contribution in [0.2, 0.25) is 5.02 Å². The molecule has 0 saturated heterocycles. The van der Waals surface area contributed by atoms with E-state index in [4.69, 9.17) is 16.3 Å². The molecule has 112 valence electrons. The second kappa shape index (κ2) is 7.38. The topological polar surface area (TPSA) is 34.2 Å². The summed E-state index contributed by atoms with van der Waals surface area (Å²) in [5.41, 5.74) is 1.22. The van der Waals surface area contributed by atoms with Crippen LogP contribution in [0.25, 0.3) is 0 Å². The molecule has 1 N–H and O–H groups in total. The Morgan fingerprint density at radius 1 is 1.24 bits per heavy atom. The molecule has 0 fully saturated rings. The lowest BCUT2D eigenvalue weighted by atomic mass is 10.2. The molecule has 0 amide bonds. The molecule has 0 atom stereocenters. The van der Waals surface area contributed by atoms with Crippen molar-refractivity contribution in [3.05, 3.63) is 58.5 Å². The van der Waals surface area contributed by atoms with Gasteiger partial charge in [0.05, 0.1) is 10.7 Å². The molecule has 0 spiro atoms. The molecule has 0 bridgehead atoms. The average Bonchev–Trinajstić information content (AvgIpc) is 2.46. The Bertz CT molecular complexity index is 605. The number of nitrogens with one attached hydrogen (secondary N) is 1. The number of nitrogens with zero attached hydrogens (tertiary/aromatic N) is 1. The van der Waals surface area contributed by atoms with Crippen molar-refractivity contribution < 1.29 is 9.13 Å². The van der Waals surface area contributed by atoms with Crippen LogP contribution in [0.3, 0.4) is 0 Å². The number of hydrogen-bond acceptors (Lipinski definition) is 3. The monoisotopic (exact) mass is 308 g/mol. The average molecular weight is 309 g/mol. The molecule has 0 radical (unpaired) electrons. The summed E-state index contributed by atoms with van der Waals surface area (Å²) >= 11 is 6.10. The van der Waals surface area contributed by atoms with E-state index in [9.17, 15) is 4.39 Å². The first-order valence-corrected chi connectivity index (χ1v) is 7.19. The fraction of sp³-hybridized carbons (Fsp3) is 0.312. The first-order chi connectivity index (χ1) is 10.1. The fourth-order valence-electron chi connectivity index (χ4n) is 1.74. The Labute approximate surface area is 129 Å². The lowest BCUT2D eigenvalue weighted by Crippen LogP contribution is -2.22. The van der Waals surface area contributed by atoms with Gasteiger partial charge >= 0.3 is 0 Å². The number of rotatable bonds is 6. The minimum absolute atomic E-state index is 0.137. The van der Waals surface area contributed by atoms with E-state index in [1.165, 1.54) is 6.07 Å². The Morgan fingerprint density at radius 3 is 2.71 bits per heavy atom. The summed E-state index contributed by atoms with van der Waals surface area (Å²) in [5, 5.41) is 3.83. The number of aromatic nitrogens is 1. The van der Waals surface area contributed by atoms with Crippen molar-refractivity contribution in [3.8, 4) is 5.88 Å². The number of halogens is 2. The predicted molar refractivity (Wildman–Crippen MR) is 82.0 cm³/mol. The first kappa shape index (κ1) is 15.7. The third-order valence-electron chi connectivity index (χ3n) is 2.90. The van der Waals surface area contributed by atoms with E-state index in [0.717, 1.165) is 5.69 Å². The van der Waals surface area contributed by atoms with Crippen molar-refractivity contribution in [2.75, 3.05) is 0 Å². The Morgan fingerprint density at radius 2 is 2.00 bits per heavy atom. The molecule has 2 rings (SSSR count). The van der Waals surface area contributed by atoms with Crippen molar-refractivity contribution in [2.24, 2.45) is 0 Å². The van der Waals surface area contributed by atoms with Crippen molar-refractivity contribution in [1.82, 2.24) is 10.3 Å². The lowest BCUT2D eigenvalue weighted by Gasteiger charge is -2.11. The van der Waals surface area contributed by atoms with Crippen LogP contribution in [0.4, 0.5) is 4.39 Å². The highest BCUT2D eigenvalue weighted by atomic mass is 35.5. The fourth-order valence-corrected chi connectivity index (χ4v) is 1.91. The van der Waals surface area contributed by atoms with E-state index in [1.54, 1.807) is 30.3 Å². The zero-order chi connectivity index (χ0) is 15.2. The molecule has 2 aromatic rings. The van der Waals surface area contributed by atoms with Gasteiger partial charge in [-0.05, 0) is 12.1 Å². The zero-order valence-electron chi connectivity index (χ0n) is 12.1. The summed E-state index contributed by atoms with van der Waals surface area (Å²) in [4.78, 5) is 4.35. The van der Waals surface area contributed by atoms with E-state index < -0.39 is 0 Å². The molecule has 1 aromatic heterocycles. The van der Waals surface area contributed by atoms with E-state index >= 15 is 0 Å². The minimum atomic E-state index is -0.284. The van der Waals surface area contributed by atoms with Gasteiger partial charge in [0.2, 0.25) is 5.88 Å². The molecule has 1 aromatic carbocycles. The largest absolute Gasteiger partial charge is 0.473 e. The highest BCUT2D eigenvalue weighted by Gasteiger charge is 2.07. The van der Waals surface area contributed by atoms with Crippen molar-refractivity contribution in [3.63, 3.8) is 0 Å². The van der Waals surface area contributed by atoms with Crippen LogP contribution >= 0.6 is 11.6 Å². The molecule has 0 unspecified atom stereocenters. The number of hydrogen-bond donors (Lipinski definition) is 1. The third kappa shape index (κ3) is 4.69. The standard InChI is InChI=1S/C16H18ClFN2O/c1-11(2)19-9-15-13(17)7-8-16(20-15)21-10-12-5-3-4-6-14(12)18/h3-8,11,19H,9-10H2,1-2H3. The van der Waals surface area contributed by atoms with Gasteiger partial charge in [-0.15, -0.1) is 0 Å². The van der Waals surface area contributed by atoms with Crippen molar-refractivity contribution in [2.45, 2.75) is 33.0 Å². The SMILES string of the molecule is CC(C)NCc1nc(OCc2ccccc2F)ccc1Cl. The van der Waals surface area contributed by atoms with E-state index in [-0.39, 0.29) is 12.4 Å². The van der Waals surface area contributed by atoms with Gasteiger partial charge < -0.3 is 10.1 Å². The van der Waals surface area contributed by atoms with Crippen LogP contribution in [-0.4, -0.2) is 11.0 Å². The first-order valence-electron chi connectivity index (χ1n) is 6.81. The Hall–Kier alpha value is -1.65. The number of pyridine rings is 1. The van der Waals surface area contributed by atoms with Gasteiger partial charge in [0, 0.05) is 24.2 Å². The van der Waals surface area contributed by atoms with Gasteiger partial charge in [-0.25, -0.2) is 9.37 Å². The molecule has 5 heteroatoms. The second-order valence-electron chi connectivity index (χ2n) is 4.99. The summed E-state index contributed by atoms with van der Waals surface area (Å²) in [6.07, 6.45) is 0. The van der Waals surface area contributed by atoms with Gasteiger partial charge in [-0.3, -0.25) is 0 Å². The molecule has 0 aliphatic rings. The maximum atomic E-state index is 13.5. The summed E-state index contributed by atoms with van der Waals surface area (Å²) < 4.78 is 19.1. The van der Waals surface area contributed by atoms with Gasteiger partial charge in [0.25, 0.3) is 0 Å². The highest BCUT2D eigenvalue weighted by Crippen LogP contribution is 2.19. The van der Waals surface area contributed by atoms with Crippen LogP contribution in [0.5, 0.6) is 5.88 Å². The van der Waals surface area contributed by atoms with E-state index in [0.29, 0.717) is 29.1 Å². The molecular formula is C16H18ClFN2O. The van der Waals surface area contributed by atoms with Gasteiger partial charge in [0.15, 0.2) is 0 Å². The van der Waals surface area contributed by atoms with E-state index in [1.807, 2.05) is 13.8 Å². The molecule has 21 heavy (non-hydrogen) atoms. The smallest absolute Gasteiger partial charge is 0.213 e. The molecule has 0 saturated carbocycles. The second-order valence-corrected chi connectivity index (χ2v) is 5.40. The maximum absolute atomic E-state index is 13.5. The van der Waals surface area contributed by atoms with Gasteiger partial charge in [-0.1, -0.05) is 43.6 Å². The summed E-state index contributed by atoms with van der Waals surface area (Å²) in [5.74, 6) is 0.149. The van der Waals surface area contributed by atoms with Crippen LogP contribution in [0.15, 0.2) is 36.4 Å². The van der Waals surface area contributed by atoms with Crippen molar-refractivity contribution in [1.29, 1.82) is 0 Å². The summed E-state index contributed by atoms with van der Waals surface area (Å²) in [7, 11) is 0. The Balaban J connectivity index is 2.03. The van der Waals surface area contributed by atoms with E-state index in [2.05, 4.69) is 10.3 Å². The van der Waals surface area contributed by atoms with Gasteiger partial charge in [0.1, 0.15) is 12.4 Å². The molecule has 0 aliphatic heterocycles. The number of benzene rings is 1. The zero-order valence-corrected chi connectivity index (χ0v) is 12.8. The number of ether oxygens (including phenoxy) is 1. The van der Waals surface area contributed by atoms with Crippen molar-refractivity contribution >= 4 is 11.6 Å². The Kier molecular flexibility index (Phi) is 5.53. The third-order valence-corrected chi connectivity index (χ3v) is 3.25. The summed E-state index contributed by atoms with van der Waals surface area (Å²) in [6, 6.07) is 10.3. The molecule has 3 nitrogen and oxygen atoms in total. The molecule has 1 heterocycles. The predicted octanol–water partition coefficient (Wildman–Crippen LogP) is 3.95. The van der Waals surface area contributed by atoms with Crippen LogP contribution in [0.1, 0.15) is 25.1 Å². The van der Waals surface area contributed by atoms with Crippen LogP contribution in [-0.2, 0) is 13.2 Å². The van der Waals surface area contributed by atoms with Crippen LogP contribution < -0.4 is 10.1 Å². The van der Waals surface area contributed by atoms with Gasteiger partial charge in [-0.2, -0.15) is 0 Å². The maximum Gasteiger partial charge on any atom is 0.213 e.